The van der Waals surface area contributed by atoms with Gasteiger partial charge >= 0.3 is 0 Å². The Kier molecular flexibility index (Phi) is 5.59. The average Bonchev–Trinajstić information content (AvgIpc) is 3.24. The minimum absolute atomic E-state index is 0.0362. The van der Waals surface area contributed by atoms with E-state index in [1.807, 2.05) is 26.0 Å². The van der Waals surface area contributed by atoms with Crippen molar-refractivity contribution < 1.29 is 17.9 Å². The molecule has 9 nitrogen and oxygen atoms in total. The Balaban J connectivity index is 1.93. The van der Waals surface area contributed by atoms with Crippen LogP contribution in [0.25, 0.3) is 22.0 Å². The number of hydrogen-bond acceptors (Lipinski definition) is 5. The average molecular weight is 459 g/mol. The second-order valence-corrected chi connectivity index (χ2v) is 10.3. The summed E-state index contributed by atoms with van der Waals surface area (Å²) in [5.41, 5.74) is 2.81. The largest absolute Gasteiger partial charge is 0.477 e. The Morgan fingerprint density at radius 1 is 1.22 bits per heavy atom. The first kappa shape index (κ1) is 22.1. The number of fused-ring (bicyclic) bond motifs is 2. The maximum Gasteiger partial charge on any atom is 0.274 e. The zero-order valence-corrected chi connectivity index (χ0v) is 19.2. The molecule has 1 amide bonds. The Hall–Kier alpha value is -3.11. The van der Waals surface area contributed by atoms with Crippen LogP contribution in [0.15, 0.2) is 35.4 Å². The Labute approximate surface area is 185 Å². The highest BCUT2D eigenvalue weighted by atomic mass is 32.2. The zero-order valence-electron chi connectivity index (χ0n) is 18.4. The molecule has 0 saturated carbocycles. The summed E-state index contributed by atoms with van der Waals surface area (Å²) in [6, 6.07) is 5.35. The van der Waals surface area contributed by atoms with Gasteiger partial charge in [-0.05, 0) is 36.6 Å². The summed E-state index contributed by atoms with van der Waals surface area (Å²) in [6.45, 7) is 5.43. The van der Waals surface area contributed by atoms with Crippen LogP contribution in [0.3, 0.4) is 0 Å². The molecule has 0 saturated heterocycles. The highest BCUT2D eigenvalue weighted by Crippen LogP contribution is 2.43. The molecule has 1 aliphatic heterocycles. The van der Waals surface area contributed by atoms with Crippen LogP contribution in [0.2, 0.25) is 0 Å². The highest BCUT2D eigenvalue weighted by molar-refractivity contribution is 7.89. The van der Waals surface area contributed by atoms with E-state index in [1.165, 1.54) is 4.57 Å². The van der Waals surface area contributed by atoms with Crippen LogP contribution in [-0.2, 0) is 28.4 Å². The highest BCUT2D eigenvalue weighted by Gasteiger charge is 2.33. The van der Waals surface area contributed by atoms with Crippen LogP contribution in [0, 0.1) is 5.92 Å². The molecule has 1 aliphatic rings. The topological polar surface area (TPSA) is 122 Å². The van der Waals surface area contributed by atoms with Gasteiger partial charge in [-0.3, -0.25) is 9.59 Å². The number of aromatic nitrogens is 2. The molecule has 0 spiro atoms. The van der Waals surface area contributed by atoms with Crippen molar-refractivity contribution in [3.8, 4) is 16.9 Å². The molecular formula is C22H26N4O5S. The molecule has 3 heterocycles. The van der Waals surface area contributed by atoms with Crippen molar-refractivity contribution in [1.82, 2.24) is 14.3 Å². The van der Waals surface area contributed by atoms with E-state index in [1.54, 1.807) is 32.4 Å². The molecule has 0 radical (unpaired) electrons. The van der Waals surface area contributed by atoms with Gasteiger partial charge in [0.2, 0.25) is 10.0 Å². The number of rotatable bonds is 6. The molecular weight excluding hydrogens is 432 g/mol. The number of anilines is 1. The van der Waals surface area contributed by atoms with Crippen LogP contribution in [0.5, 0.6) is 5.75 Å². The van der Waals surface area contributed by atoms with Crippen LogP contribution < -0.4 is 20.3 Å². The van der Waals surface area contributed by atoms with Gasteiger partial charge in [-0.2, -0.15) is 0 Å². The van der Waals surface area contributed by atoms with Crippen molar-refractivity contribution in [3.05, 3.63) is 46.5 Å². The number of aromatic amines is 1. The van der Waals surface area contributed by atoms with Gasteiger partial charge in [-0.15, -0.1) is 0 Å². The lowest BCUT2D eigenvalue weighted by atomic mass is 9.97. The van der Waals surface area contributed by atoms with Gasteiger partial charge in [-0.25, -0.2) is 13.1 Å². The van der Waals surface area contributed by atoms with Gasteiger partial charge in [0.1, 0.15) is 5.52 Å². The molecule has 0 fully saturated rings. The van der Waals surface area contributed by atoms with E-state index in [4.69, 9.17) is 4.74 Å². The van der Waals surface area contributed by atoms with E-state index in [0.29, 0.717) is 33.5 Å². The number of aryl methyl sites for hydroxylation is 1. The summed E-state index contributed by atoms with van der Waals surface area (Å²) in [5.74, 6) is 0.147. The molecule has 0 aliphatic carbocycles. The molecule has 32 heavy (non-hydrogen) atoms. The van der Waals surface area contributed by atoms with E-state index in [-0.39, 0.29) is 29.7 Å². The smallest absolute Gasteiger partial charge is 0.274 e. The summed E-state index contributed by atoms with van der Waals surface area (Å²) in [4.78, 5) is 28.1. The Morgan fingerprint density at radius 3 is 2.66 bits per heavy atom. The maximum absolute atomic E-state index is 12.6. The van der Waals surface area contributed by atoms with Gasteiger partial charge in [0.15, 0.2) is 11.9 Å². The van der Waals surface area contributed by atoms with E-state index in [2.05, 4.69) is 15.0 Å². The number of nitrogens with zero attached hydrogens (tertiary/aromatic N) is 1. The van der Waals surface area contributed by atoms with Crippen molar-refractivity contribution in [1.29, 1.82) is 0 Å². The van der Waals surface area contributed by atoms with Crippen molar-refractivity contribution >= 4 is 32.5 Å². The number of carbonyl (C=O) groups excluding carboxylic acids is 1. The molecule has 1 unspecified atom stereocenters. The first-order valence-electron chi connectivity index (χ1n) is 10.4. The monoisotopic (exact) mass is 458 g/mol. The molecule has 10 heteroatoms. The molecule has 4 rings (SSSR count). The Morgan fingerprint density at radius 2 is 1.97 bits per heavy atom. The minimum Gasteiger partial charge on any atom is -0.477 e. The van der Waals surface area contributed by atoms with Gasteiger partial charge in [0.05, 0.1) is 11.4 Å². The third-order valence-electron chi connectivity index (χ3n) is 5.58. The second kappa shape index (κ2) is 8.10. The molecule has 170 valence electrons. The number of pyridine rings is 1. The summed E-state index contributed by atoms with van der Waals surface area (Å²) in [6.07, 6.45) is 2.75. The summed E-state index contributed by atoms with van der Waals surface area (Å²) < 4.78 is 34.1. The van der Waals surface area contributed by atoms with Crippen LogP contribution in [0.4, 0.5) is 5.69 Å². The number of ether oxygens (including phenoxy) is 1. The standard InChI is InChI=1S/C22H26N4O5S/c1-5-32(29,30)24-10-13-8-15(16-11-26(4)22(28)18-14(16)6-7-23-18)20-17(9-13)25-21(27)19(31-20)12(2)3/h6-9,11-12,19,23-24H,5,10H2,1-4H3,(H,25,27). The van der Waals surface area contributed by atoms with Crippen molar-refractivity contribution in [2.24, 2.45) is 13.0 Å². The first-order chi connectivity index (χ1) is 15.1. The second-order valence-electron chi connectivity index (χ2n) is 8.24. The predicted octanol–water partition coefficient (Wildman–Crippen LogP) is 2.33. The number of carbonyl (C=O) groups is 1. The lowest BCUT2D eigenvalue weighted by molar-refractivity contribution is -0.125. The number of sulfonamides is 1. The normalized spacial score (nSPS) is 16.2. The zero-order chi connectivity index (χ0) is 23.2. The first-order valence-corrected chi connectivity index (χ1v) is 12.1. The summed E-state index contributed by atoms with van der Waals surface area (Å²) >= 11 is 0. The fraction of sp³-hybridized carbons (Fsp3) is 0.364. The summed E-state index contributed by atoms with van der Waals surface area (Å²) in [5, 5.41) is 3.61. The van der Waals surface area contributed by atoms with Crippen molar-refractivity contribution in [2.75, 3.05) is 11.1 Å². The molecule has 1 atom stereocenters. The van der Waals surface area contributed by atoms with Gasteiger partial charge in [0, 0.05) is 42.5 Å². The fourth-order valence-corrected chi connectivity index (χ4v) is 4.40. The third-order valence-corrected chi connectivity index (χ3v) is 6.92. The Bertz CT molecular complexity index is 1370. The van der Waals surface area contributed by atoms with Gasteiger partial charge in [0.25, 0.3) is 11.5 Å². The molecule has 1 aromatic carbocycles. The van der Waals surface area contributed by atoms with Crippen LogP contribution >= 0.6 is 0 Å². The molecule has 0 bridgehead atoms. The third kappa shape index (κ3) is 3.91. The SMILES string of the molecule is CCS(=O)(=O)NCc1cc2c(c(-c3cn(C)c(=O)c4[nH]ccc34)c1)OC(C(C)C)C(=O)N2. The van der Waals surface area contributed by atoms with Gasteiger partial charge in [-0.1, -0.05) is 13.8 Å². The number of nitrogens with one attached hydrogen (secondary N) is 3. The predicted molar refractivity (Wildman–Crippen MR) is 123 cm³/mol. The number of hydrogen-bond donors (Lipinski definition) is 3. The van der Waals surface area contributed by atoms with Gasteiger partial charge < -0.3 is 19.6 Å². The summed E-state index contributed by atoms with van der Waals surface area (Å²) in [7, 11) is -1.74. The lowest BCUT2D eigenvalue weighted by Crippen LogP contribution is -2.40. The van der Waals surface area contributed by atoms with E-state index in [0.717, 1.165) is 5.56 Å². The van der Waals surface area contributed by atoms with Crippen LogP contribution in [-0.4, -0.2) is 35.7 Å². The molecule has 3 N–H and O–H groups in total. The number of H-pyrrole nitrogens is 1. The molecule has 3 aromatic rings. The van der Waals surface area contributed by atoms with Crippen LogP contribution in [0.1, 0.15) is 26.3 Å². The van der Waals surface area contributed by atoms with Crippen molar-refractivity contribution in [2.45, 2.75) is 33.4 Å². The van der Waals surface area contributed by atoms with E-state index >= 15 is 0 Å². The maximum atomic E-state index is 12.6. The number of benzene rings is 1. The van der Waals surface area contributed by atoms with E-state index in [9.17, 15) is 18.0 Å². The quantitative estimate of drug-likeness (QED) is 0.523. The lowest BCUT2D eigenvalue weighted by Gasteiger charge is -2.30. The number of amides is 1. The fourth-order valence-electron chi connectivity index (χ4n) is 3.81. The van der Waals surface area contributed by atoms with Crippen molar-refractivity contribution in [3.63, 3.8) is 0 Å². The minimum atomic E-state index is -3.40. The molecule has 2 aromatic heterocycles. The van der Waals surface area contributed by atoms with E-state index < -0.39 is 16.1 Å².